The van der Waals surface area contributed by atoms with Gasteiger partial charge in [0.1, 0.15) is 0 Å². The van der Waals surface area contributed by atoms with E-state index in [4.69, 9.17) is 0 Å². The number of hydrogen-bond acceptors (Lipinski definition) is 3. The summed E-state index contributed by atoms with van der Waals surface area (Å²) in [4.78, 5) is 2.47. The van der Waals surface area contributed by atoms with Crippen LogP contribution in [-0.4, -0.2) is 26.8 Å². The molecule has 0 saturated heterocycles. The van der Waals surface area contributed by atoms with Crippen molar-refractivity contribution < 1.29 is 8.42 Å². The fraction of sp³-hybridized carbons (Fsp3) is 0.217. The number of likely N-dealkylation sites (N-methyl/N-ethyl adjacent to an activating group) is 1. The topological polar surface area (TPSA) is 40.6 Å². The molecule has 0 bridgehead atoms. The third-order valence-electron chi connectivity index (χ3n) is 5.56. The van der Waals surface area contributed by atoms with Crippen LogP contribution < -0.4 is 4.90 Å². The van der Waals surface area contributed by atoms with Gasteiger partial charge in [-0.05, 0) is 48.7 Å². The molecule has 5 heteroatoms. The summed E-state index contributed by atoms with van der Waals surface area (Å²) in [5.74, 6) is 0. The molecule has 28 heavy (non-hydrogen) atoms. The first-order valence-electron chi connectivity index (χ1n) is 9.35. The molecule has 4 nitrogen and oxygen atoms in total. The summed E-state index contributed by atoms with van der Waals surface area (Å²) >= 11 is 0. The van der Waals surface area contributed by atoms with Crippen LogP contribution in [0.4, 0.5) is 11.4 Å². The lowest BCUT2D eigenvalue weighted by Gasteiger charge is -2.28. The summed E-state index contributed by atoms with van der Waals surface area (Å²) in [5, 5.41) is 0. The minimum atomic E-state index is -3.62. The maximum Gasteiger partial charge on any atom is 0.243 e. The van der Waals surface area contributed by atoms with Crippen molar-refractivity contribution in [1.82, 2.24) is 4.31 Å². The number of anilines is 2. The highest BCUT2D eigenvalue weighted by Crippen LogP contribution is 2.42. The van der Waals surface area contributed by atoms with Gasteiger partial charge in [-0.15, -0.1) is 0 Å². The van der Waals surface area contributed by atoms with E-state index in [1.807, 2.05) is 56.4 Å². The Labute approximate surface area is 167 Å². The SMILES string of the molecule is Cc1ccc(S(=O)(=O)N(C)C2Cc3ccccc3N(C)c3ccccc32)cc1. The Morgan fingerprint density at radius 3 is 2.21 bits per heavy atom. The lowest BCUT2D eigenvalue weighted by Crippen LogP contribution is -2.32. The van der Waals surface area contributed by atoms with Crippen molar-refractivity contribution in [3.8, 4) is 0 Å². The van der Waals surface area contributed by atoms with Crippen LogP contribution in [-0.2, 0) is 16.4 Å². The van der Waals surface area contributed by atoms with Gasteiger partial charge in [0.05, 0.1) is 10.9 Å². The molecule has 1 heterocycles. The fourth-order valence-electron chi connectivity index (χ4n) is 3.90. The first-order valence-corrected chi connectivity index (χ1v) is 10.8. The van der Waals surface area contributed by atoms with E-state index < -0.39 is 10.0 Å². The highest BCUT2D eigenvalue weighted by Gasteiger charge is 2.33. The Balaban J connectivity index is 1.84. The van der Waals surface area contributed by atoms with Gasteiger partial charge < -0.3 is 4.90 Å². The summed E-state index contributed by atoms with van der Waals surface area (Å²) in [6.07, 6.45) is 0.624. The largest absolute Gasteiger partial charge is 0.344 e. The molecule has 144 valence electrons. The van der Waals surface area contributed by atoms with E-state index in [0.717, 1.165) is 28.1 Å². The Morgan fingerprint density at radius 1 is 0.893 bits per heavy atom. The second-order valence-electron chi connectivity index (χ2n) is 7.30. The lowest BCUT2D eigenvalue weighted by atomic mass is 9.99. The number of rotatable bonds is 3. The molecule has 1 atom stereocenters. The molecule has 1 aliphatic rings. The minimum absolute atomic E-state index is 0.284. The van der Waals surface area contributed by atoms with Crippen molar-refractivity contribution in [2.24, 2.45) is 0 Å². The molecule has 3 aromatic carbocycles. The van der Waals surface area contributed by atoms with Crippen molar-refractivity contribution in [2.75, 3.05) is 19.0 Å². The van der Waals surface area contributed by atoms with Crippen LogP contribution in [0.25, 0.3) is 0 Å². The van der Waals surface area contributed by atoms with Crippen molar-refractivity contribution in [3.05, 3.63) is 89.5 Å². The Bertz CT molecular complexity index is 1110. The van der Waals surface area contributed by atoms with Gasteiger partial charge in [-0.3, -0.25) is 0 Å². The van der Waals surface area contributed by atoms with Crippen molar-refractivity contribution in [1.29, 1.82) is 0 Å². The molecule has 0 aliphatic carbocycles. The Morgan fingerprint density at radius 2 is 1.50 bits per heavy atom. The first kappa shape index (κ1) is 18.7. The summed E-state index contributed by atoms with van der Waals surface area (Å²) in [7, 11) is 0.102. The number of aryl methyl sites for hydroxylation is 1. The first-order chi connectivity index (χ1) is 13.4. The number of sulfonamides is 1. The zero-order valence-electron chi connectivity index (χ0n) is 16.3. The standard InChI is InChI=1S/C23H24N2O2S/c1-17-12-14-19(15-13-17)28(26,27)25(3)23-16-18-8-4-6-10-21(18)24(2)22-11-7-5-9-20(22)23/h4-15,23H,16H2,1-3H3. The van der Waals surface area contributed by atoms with Crippen LogP contribution in [0, 0.1) is 6.92 Å². The summed E-state index contributed by atoms with van der Waals surface area (Å²) in [6, 6.07) is 23.0. The van der Waals surface area contributed by atoms with E-state index in [9.17, 15) is 8.42 Å². The molecular weight excluding hydrogens is 368 g/mol. The van der Waals surface area contributed by atoms with E-state index in [1.54, 1.807) is 19.2 Å². The van der Waals surface area contributed by atoms with E-state index >= 15 is 0 Å². The van der Waals surface area contributed by atoms with E-state index in [1.165, 1.54) is 4.31 Å². The maximum atomic E-state index is 13.4. The number of nitrogens with zero attached hydrogens (tertiary/aromatic N) is 2. The van der Waals surface area contributed by atoms with Gasteiger partial charge in [0.15, 0.2) is 0 Å². The summed E-state index contributed by atoms with van der Waals surface area (Å²) in [5.41, 5.74) is 5.33. The molecule has 0 radical (unpaired) electrons. The predicted octanol–water partition coefficient (Wildman–Crippen LogP) is 4.68. The molecule has 0 spiro atoms. The molecular formula is C23H24N2O2S. The third-order valence-corrected chi connectivity index (χ3v) is 7.44. The molecule has 0 saturated carbocycles. The van der Waals surface area contributed by atoms with Gasteiger partial charge in [0, 0.05) is 25.5 Å². The number of hydrogen-bond donors (Lipinski definition) is 0. The summed E-state index contributed by atoms with van der Waals surface area (Å²) < 4.78 is 28.3. The van der Waals surface area contributed by atoms with Gasteiger partial charge in [-0.1, -0.05) is 54.1 Å². The second kappa shape index (κ2) is 7.08. The third kappa shape index (κ3) is 3.11. The van der Waals surface area contributed by atoms with Crippen LogP contribution >= 0.6 is 0 Å². The number of fused-ring (bicyclic) bond motifs is 2. The molecule has 1 aliphatic heterocycles. The Kier molecular flexibility index (Phi) is 4.73. The van der Waals surface area contributed by atoms with Crippen molar-refractivity contribution in [2.45, 2.75) is 24.3 Å². The zero-order chi connectivity index (χ0) is 19.9. The molecule has 0 amide bonds. The zero-order valence-corrected chi connectivity index (χ0v) is 17.1. The van der Waals surface area contributed by atoms with E-state index in [0.29, 0.717) is 11.3 Å². The second-order valence-corrected chi connectivity index (χ2v) is 9.30. The highest BCUT2D eigenvalue weighted by molar-refractivity contribution is 7.89. The van der Waals surface area contributed by atoms with E-state index in [2.05, 4.69) is 23.1 Å². The van der Waals surface area contributed by atoms with Gasteiger partial charge in [-0.2, -0.15) is 4.31 Å². The quantitative estimate of drug-likeness (QED) is 0.650. The monoisotopic (exact) mass is 392 g/mol. The van der Waals surface area contributed by atoms with Crippen LogP contribution in [0.15, 0.2) is 77.7 Å². The van der Waals surface area contributed by atoms with Gasteiger partial charge in [-0.25, -0.2) is 8.42 Å². The van der Waals surface area contributed by atoms with Crippen molar-refractivity contribution >= 4 is 21.4 Å². The Hall–Kier alpha value is -2.63. The number of benzene rings is 3. The molecule has 0 fully saturated rings. The highest BCUT2D eigenvalue weighted by atomic mass is 32.2. The lowest BCUT2D eigenvalue weighted by molar-refractivity contribution is 0.375. The molecule has 0 aromatic heterocycles. The van der Waals surface area contributed by atoms with Gasteiger partial charge in [0.25, 0.3) is 0 Å². The predicted molar refractivity (Wildman–Crippen MR) is 114 cm³/mol. The number of para-hydroxylation sites is 2. The average Bonchev–Trinajstić information content (AvgIpc) is 2.83. The van der Waals surface area contributed by atoms with Crippen LogP contribution in [0.3, 0.4) is 0 Å². The van der Waals surface area contributed by atoms with Gasteiger partial charge in [0.2, 0.25) is 10.0 Å². The molecule has 0 N–H and O–H groups in total. The minimum Gasteiger partial charge on any atom is -0.344 e. The molecule has 3 aromatic rings. The average molecular weight is 393 g/mol. The summed E-state index contributed by atoms with van der Waals surface area (Å²) in [6.45, 7) is 1.95. The fourth-order valence-corrected chi connectivity index (χ4v) is 5.24. The molecule has 1 unspecified atom stereocenters. The van der Waals surface area contributed by atoms with E-state index in [-0.39, 0.29) is 6.04 Å². The van der Waals surface area contributed by atoms with Crippen LogP contribution in [0.1, 0.15) is 22.7 Å². The van der Waals surface area contributed by atoms with Crippen LogP contribution in [0.5, 0.6) is 0 Å². The van der Waals surface area contributed by atoms with Gasteiger partial charge >= 0.3 is 0 Å². The smallest absolute Gasteiger partial charge is 0.243 e. The van der Waals surface area contributed by atoms with Crippen LogP contribution in [0.2, 0.25) is 0 Å². The normalized spacial score (nSPS) is 16.4. The molecule has 4 rings (SSSR count). The van der Waals surface area contributed by atoms with Crippen molar-refractivity contribution in [3.63, 3.8) is 0 Å². The maximum absolute atomic E-state index is 13.4.